The molecule has 0 aromatic heterocycles. The van der Waals surface area contributed by atoms with E-state index >= 15 is 0 Å². The molecule has 2 aliphatic heterocycles. The van der Waals surface area contributed by atoms with E-state index in [-0.39, 0.29) is 5.54 Å². The second kappa shape index (κ2) is 7.25. The lowest BCUT2D eigenvalue weighted by atomic mass is 9.74. The van der Waals surface area contributed by atoms with E-state index in [0.717, 1.165) is 50.5 Å². The van der Waals surface area contributed by atoms with Gasteiger partial charge in [0.15, 0.2) is 11.5 Å². The van der Waals surface area contributed by atoms with Crippen molar-refractivity contribution in [2.24, 2.45) is 17.8 Å². The molecule has 2 fully saturated rings. The number of methoxy groups -OCH3 is 2. The summed E-state index contributed by atoms with van der Waals surface area (Å²) in [7, 11) is 3.39. The Bertz CT molecular complexity index is 760. The molecule has 0 unspecified atom stereocenters. The van der Waals surface area contributed by atoms with Crippen LogP contribution < -0.4 is 9.47 Å². The topological polar surface area (TPSA) is 42.0 Å². The van der Waals surface area contributed by atoms with E-state index in [9.17, 15) is 4.79 Å². The average molecular weight is 387 g/mol. The zero-order valence-electron chi connectivity index (χ0n) is 18.0. The van der Waals surface area contributed by atoms with Gasteiger partial charge in [-0.2, -0.15) is 0 Å². The Kier molecular flexibility index (Phi) is 5.07. The maximum atomic E-state index is 13.0. The highest BCUT2D eigenvalue weighted by Crippen LogP contribution is 2.61. The second-order valence-corrected chi connectivity index (χ2v) is 8.73. The molecule has 4 atom stereocenters. The van der Waals surface area contributed by atoms with E-state index in [0.29, 0.717) is 30.1 Å². The van der Waals surface area contributed by atoms with Gasteiger partial charge in [-0.05, 0) is 66.9 Å². The van der Waals surface area contributed by atoms with Crippen molar-refractivity contribution in [3.63, 3.8) is 0 Å². The number of carbonyl (C=O) groups is 1. The van der Waals surface area contributed by atoms with E-state index in [2.05, 4.69) is 42.7 Å². The summed E-state index contributed by atoms with van der Waals surface area (Å²) in [6.45, 7) is 10.9. The van der Waals surface area contributed by atoms with Crippen LogP contribution >= 0.6 is 0 Å². The molecule has 4 rings (SSSR count). The van der Waals surface area contributed by atoms with Gasteiger partial charge in [-0.3, -0.25) is 4.79 Å². The first-order chi connectivity index (χ1) is 13.5. The van der Waals surface area contributed by atoms with E-state index < -0.39 is 0 Å². The highest BCUT2D eigenvalue weighted by Gasteiger charge is 2.63. The summed E-state index contributed by atoms with van der Waals surface area (Å²) < 4.78 is 11.2. The molecule has 5 heteroatoms. The summed E-state index contributed by atoms with van der Waals surface area (Å²) in [5.41, 5.74) is 2.46. The fourth-order valence-electron chi connectivity index (χ4n) is 6.33. The highest BCUT2D eigenvalue weighted by molar-refractivity contribution is 5.82. The number of benzene rings is 1. The fraction of sp³-hybridized carbons (Fsp3) is 0.696. The molecule has 1 aliphatic carbocycles. The number of carbonyl (C=O) groups excluding carboxylic acids is 1. The Hall–Kier alpha value is -1.75. The lowest BCUT2D eigenvalue weighted by Gasteiger charge is -2.45. The standard InChI is InChI=1S/C23H34N2O3/c1-6-24(7-2)14-17-15(3)13-23-18-11-21(28-5)20(27-4)10-16(18)8-9-25(23)22(26)12-19(17)23/h10-11,15,17,19H,6-9,12-14H2,1-5H3/t15-,17+,19-,23-/m0/s1. The Morgan fingerprint density at radius 3 is 2.50 bits per heavy atom. The molecule has 1 saturated heterocycles. The van der Waals surface area contributed by atoms with Crippen LogP contribution in [0.25, 0.3) is 0 Å². The predicted molar refractivity (Wildman–Crippen MR) is 110 cm³/mol. The maximum Gasteiger partial charge on any atom is 0.223 e. The minimum atomic E-state index is -0.165. The molecule has 1 spiro atoms. The molecule has 0 N–H and O–H groups in total. The molecule has 2 heterocycles. The number of hydrogen-bond donors (Lipinski definition) is 0. The van der Waals surface area contributed by atoms with Crippen LogP contribution in [0.2, 0.25) is 0 Å². The van der Waals surface area contributed by atoms with Gasteiger partial charge in [0.2, 0.25) is 5.91 Å². The van der Waals surface area contributed by atoms with E-state index in [4.69, 9.17) is 9.47 Å². The van der Waals surface area contributed by atoms with Crippen LogP contribution in [0.4, 0.5) is 0 Å². The molecule has 0 bridgehead atoms. The first-order valence-electron chi connectivity index (χ1n) is 10.8. The lowest BCUT2D eigenvalue weighted by Crippen LogP contribution is -2.49. The minimum Gasteiger partial charge on any atom is -0.493 e. The first-order valence-corrected chi connectivity index (χ1v) is 10.8. The highest BCUT2D eigenvalue weighted by atomic mass is 16.5. The van der Waals surface area contributed by atoms with Crippen molar-refractivity contribution >= 4 is 5.91 Å². The summed E-state index contributed by atoms with van der Waals surface area (Å²) in [5.74, 6) is 3.43. The van der Waals surface area contributed by atoms with Crippen molar-refractivity contribution in [2.75, 3.05) is 40.4 Å². The number of rotatable bonds is 6. The molecule has 28 heavy (non-hydrogen) atoms. The van der Waals surface area contributed by atoms with Crippen molar-refractivity contribution in [2.45, 2.75) is 45.6 Å². The van der Waals surface area contributed by atoms with E-state index in [1.807, 2.05) is 0 Å². The number of fused-ring (bicyclic) bond motifs is 1. The zero-order chi connectivity index (χ0) is 20.1. The van der Waals surface area contributed by atoms with E-state index in [1.165, 1.54) is 11.1 Å². The summed E-state index contributed by atoms with van der Waals surface area (Å²) >= 11 is 0. The SMILES string of the molecule is CCN(CC)C[C@@H]1[C@@H](C)C[C@@]23c4cc(OC)c(OC)cc4CCN2C(=O)C[C@@H]13. The second-order valence-electron chi connectivity index (χ2n) is 8.73. The lowest BCUT2D eigenvalue weighted by molar-refractivity contribution is -0.132. The van der Waals surface area contributed by atoms with Gasteiger partial charge in [-0.15, -0.1) is 0 Å². The molecule has 154 valence electrons. The van der Waals surface area contributed by atoms with E-state index in [1.54, 1.807) is 14.2 Å². The van der Waals surface area contributed by atoms with Crippen LogP contribution in [0.1, 0.15) is 44.7 Å². The fourth-order valence-corrected chi connectivity index (χ4v) is 6.33. The molecular formula is C23H34N2O3. The molecule has 3 aliphatic rings. The van der Waals surface area contributed by atoms with Crippen LogP contribution in [0.3, 0.4) is 0 Å². The third kappa shape index (κ3) is 2.66. The molecule has 1 aromatic carbocycles. The maximum absolute atomic E-state index is 13.0. The van der Waals surface area contributed by atoms with Gasteiger partial charge < -0.3 is 19.3 Å². The van der Waals surface area contributed by atoms with Gasteiger partial charge in [0.25, 0.3) is 0 Å². The average Bonchev–Trinajstić information content (AvgIpc) is 3.13. The largest absolute Gasteiger partial charge is 0.493 e. The van der Waals surface area contributed by atoms with Gasteiger partial charge in [0.1, 0.15) is 0 Å². The first kappa shape index (κ1) is 19.6. The van der Waals surface area contributed by atoms with Crippen molar-refractivity contribution in [3.8, 4) is 11.5 Å². The summed E-state index contributed by atoms with van der Waals surface area (Å²) in [6, 6.07) is 4.31. The Balaban J connectivity index is 1.81. The summed E-state index contributed by atoms with van der Waals surface area (Å²) in [4.78, 5) is 17.8. The minimum absolute atomic E-state index is 0.165. The zero-order valence-corrected chi connectivity index (χ0v) is 18.0. The molecular weight excluding hydrogens is 352 g/mol. The van der Waals surface area contributed by atoms with Crippen LogP contribution in [-0.2, 0) is 16.8 Å². The molecule has 1 aromatic rings. The molecule has 5 nitrogen and oxygen atoms in total. The van der Waals surface area contributed by atoms with Gasteiger partial charge in [0, 0.05) is 19.5 Å². The number of amides is 1. The van der Waals surface area contributed by atoms with Crippen molar-refractivity contribution in [1.29, 1.82) is 0 Å². The number of nitrogens with zero attached hydrogens (tertiary/aromatic N) is 2. The van der Waals surface area contributed by atoms with Crippen LogP contribution in [0.5, 0.6) is 11.5 Å². The Morgan fingerprint density at radius 2 is 1.86 bits per heavy atom. The van der Waals surface area contributed by atoms with Gasteiger partial charge in [0.05, 0.1) is 19.8 Å². The van der Waals surface area contributed by atoms with Crippen molar-refractivity contribution < 1.29 is 14.3 Å². The van der Waals surface area contributed by atoms with Crippen LogP contribution in [0, 0.1) is 17.8 Å². The smallest absolute Gasteiger partial charge is 0.223 e. The quantitative estimate of drug-likeness (QED) is 0.752. The van der Waals surface area contributed by atoms with Crippen LogP contribution in [-0.4, -0.2) is 56.1 Å². The molecule has 1 saturated carbocycles. The third-order valence-corrected chi connectivity index (χ3v) is 7.72. The molecule has 0 radical (unpaired) electrons. The predicted octanol–water partition coefficient (Wildman–Crippen LogP) is 3.30. The van der Waals surface area contributed by atoms with Gasteiger partial charge in [-0.1, -0.05) is 20.8 Å². The Morgan fingerprint density at radius 1 is 1.18 bits per heavy atom. The summed E-state index contributed by atoms with van der Waals surface area (Å²) in [6.07, 6.45) is 2.63. The van der Waals surface area contributed by atoms with Crippen LogP contribution in [0.15, 0.2) is 12.1 Å². The number of ether oxygens (including phenoxy) is 2. The third-order valence-electron chi connectivity index (χ3n) is 7.72. The van der Waals surface area contributed by atoms with Crippen molar-refractivity contribution in [1.82, 2.24) is 9.80 Å². The number of hydrogen-bond acceptors (Lipinski definition) is 4. The summed E-state index contributed by atoms with van der Waals surface area (Å²) in [5, 5.41) is 0. The van der Waals surface area contributed by atoms with Crippen molar-refractivity contribution in [3.05, 3.63) is 23.3 Å². The Labute approximate surface area is 169 Å². The van der Waals surface area contributed by atoms with Gasteiger partial charge in [-0.25, -0.2) is 0 Å². The monoisotopic (exact) mass is 386 g/mol. The van der Waals surface area contributed by atoms with Gasteiger partial charge >= 0.3 is 0 Å². The normalized spacial score (nSPS) is 31.0. The molecule has 1 amide bonds.